The van der Waals surface area contributed by atoms with E-state index in [1.165, 1.54) is 17.2 Å². The standard InChI is InChI=1S/C22H18N2O2.C21H20N4O4S/c1-16-5-2-3-8-21(16)18-9-11-19(12-10-18)24-22(25)15-26-20-7-4-6-17(13-20)14-23;22-21(23)15-4-3-5-17(12-15)29-13-20(26)25-16-10-8-14(9-11-16)18-6-1-2-7-19(18)30(24,27)28/h2-13H,15H2,1H3,(H,24,25);1-12H,13H2,(H3,22,23)(H,25,26)(H2,24,27,28). The van der Waals surface area contributed by atoms with E-state index >= 15 is 0 Å². The van der Waals surface area contributed by atoms with Crippen LogP contribution in [0.15, 0.2) is 150 Å². The molecule has 0 saturated carbocycles. The van der Waals surface area contributed by atoms with Crippen LogP contribution >= 0.6 is 0 Å². The van der Waals surface area contributed by atoms with Gasteiger partial charge in [0, 0.05) is 22.5 Å². The summed E-state index contributed by atoms with van der Waals surface area (Å²) in [5.74, 6) is 0.202. The van der Waals surface area contributed by atoms with Gasteiger partial charge >= 0.3 is 0 Å². The number of nitrogens with two attached hydrogens (primary N) is 2. The van der Waals surface area contributed by atoms with Gasteiger partial charge in [-0.2, -0.15) is 5.26 Å². The summed E-state index contributed by atoms with van der Waals surface area (Å²) in [4.78, 5) is 24.2. The number of benzene rings is 6. The summed E-state index contributed by atoms with van der Waals surface area (Å²) in [7, 11) is -3.86. The van der Waals surface area contributed by atoms with Gasteiger partial charge in [-0.15, -0.1) is 0 Å². The number of carbonyl (C=O) groups is 2. The molecular formula is C43H38N6O6S. The number of nitrogen functional groups attached to an aromatic ring is 1. The number of nitrogens with one attached hydrogen (secondary N) is 3. The number of hydrogen-bond acceptors (Lipinski definition) is 8. The quantitative estimate of drug-likeness (QED) is 0.0655. The number of ether oxygens (including phenoxy) is 2. The lowest BCUT2D eigenvalue weighted by Gasteiger charge is -2.10. The van der Waals surface area contributed by atoms with Gasteiger partial charge in [0.2, 0.25) is 10.0 Å². The molecule has 0 aliphatic heterocycles. The number of amidine groups is 1. The van der Waals surface area contributed by atoms with E-state index in [0.717, 1.165) is 5.56 Å². The predicted octanol–water partition coefficient (Wildman–Crippen LogP) is 6.85. The zero-order chi connectivity index (χ0) is 40.1. The average molecular weight is 767 g/mol. The van der Waals surface area contributed by atoms with Crippen LogP contribution in [0.2, 0.25) is 0 Å². The normalized spacial score (nSPS) is 10.5. The molecule has 12 nitrogen and oxygen atoms in total. The number of sulfonamides is 1. The third-order valence-corrected chi connectivity index (χ3v) is 9.12. The molecule has 0 unspecified atom stereocenters. The highest BCUT2D eigenvalue weighted by Gasteiger charge is 2.15. The second-order valence-electron chi connectivity index (χ2n) is 12.3. The van der Waals surface area contributed by atoms with Crippen LogP contribution in [0.4, 0.5) is 11.4 Å². The molecule has 0 atom stereocenters. The lowest BCUT2D eigenvalue weighted by atomic mass is 10.0. The highest BCUT2D eigenvalue weighted by Crippen LogP contribution is 2.28. The van der Waals surface area contributed by atoms with Crippen LogP contribution in [0.1, 0.15) is 16.7 Å². The maximum atomic E-state index is 12.1. The van der Waals surface area contributed by atoms with Gasteiger partial charge in [-0.3, -0.25) is 15.0 Å². The lowest BCUT2D eigenvalue weighted by molar-refractivity contribution is -0.118. The number of nitrogens with zero attached hydrogens (tertiary/aromatic N) is 1. The van der Waals surface area contributed by atoms with Crippen molar-refractivity contribution in [2.24, 2.45) is 10.9 Å². The number of primary sulfonamides is 1. The van der Waals surface area contributed by atoms with Crippen molar-refractivity contribution in [2.75, 3.05) is 23.8 Å². The predicted molar refractivity (Wildman–Crippen MR) is 217 cm³/mol. The van der Waals surface area contributed by atoms with E-state index in [9.17, 15) is 18.0 Å². The van der Waals surface area contributed by atoms with Crippen molar-refractivity contribution in [3.05, 3.63) is 162 Å². The van der Waals surface area contributed by atoms with Gasteiger partial charge in [0.25, 0.3) is 11.8 Å². The van der Waals surface area contributed by atoms with Gasteiger partial charge in [0.05, 0.1) is 16.5 Å². The molecule has 0 bridgehead atoms. The Hall–Kier alpha value is -7.27. The molecule has 0 aromatic heterocycles. The van der Waals surface area contributed by atoms with Crippen molar-refractivity contribution >= 4 is 39.0 Å². The Kier molecular flexibility index (Phi) is 13.3. The molecule has 6 aromatic carbocycles. The smallest absolute Gasteiger partial charge is 0.262 e. The fourth-order valence-corrected chi connectivity index (χ4v) is 6.18. The zero-order valence-corrected chi connectivity index (χ0v) is 31.0. The second-order valence-corrected chi connectivity index (χ2v) is 13.8. The topological polar surface area (TPSA) is 210 Å². The molecule has 13 heteroatoms. The van der Waals surface area contributed by atoms with E-state index in [-0.39, 0.29) is 35.8 Å². The maximum Gasteiger partial charge on any atom is 0.262 e. The van der Waals surface area contributed by atoms with Crippen molar-refractivity contribution in [3.8, 4) is 39.8 Å². The van der Waals surface area contributed by atoms with Crippen LogP contribution < -0.4 is 31.0 Å². The number of nitriles is 1. The van der Waals surface area contributed by atoms with Gasteiger partial charge in [-0.05, 0) is 89.8 Å². The fraction of sp³-hybridized carbons (Fsp3) is 0.0698. The first-order valence-corrected chi connectivity index (χ1v) is 18.6. The Morgan fingerprint density at radius 1 is 0.679 bits per heavy atom. The van der Waals surface area contributed by atoms with Crippen molar-refractivity contribution < 1.29 is 27.5 Å². The van der Waals surface area contributed by atoms with Crippen molar-refractivity contribution in [1.82, 2.24) is 0 Å². The van der Waals surface area contributed by atoms with Crippen molar-refractivity contribution in [3.63, 3.8) is 0 Å². The summed E-state index contributed by atoms with van der Waals surface area (Å²) in [5.41, 5.74) is 12.3. The molecule has 0 radical (unpaired) electrons. The van der Waals surface area contributed by atoms with Crippen molar-refractivity contribution in [1.29, 1.82) is 10.7 Å². The molecule has 0 heterocycles. The zero-order valence-electron chi connectivity index (χ0n) is 30.2. The molecule has 7 N–H and O–H groups in total. The van der Waals surface area contributed by atoms with E-state index in [2.05, 4.69) is 29.7 Å². The van der Waals surface area contributed by atoms with E-state index in [4.69, 9.17) is 31.0 Å². The first-order valence-electron chi connectivity index (χ1n) is 17.1. The van der Waals surface area contributed by atoms with E-state index < -0.39 is 10.0 Å². The molecule has 0 aliphatic carbocycles. The summed E-state index contributed by atoms with van der Waals surface area (Å²) in [6.07, 6.45) is 0. The molecule has 6 aromatic rings. The molecule has 0 spiro atoms. The van der Waals surface area contributed by atoms with E-state index in [1.54, 1.807) is 91.0 Å². The molecule has 0 saturated heterocycles. The van der Waals surface area contributed by atoms with Crippen molar-refractivity contribution in [2.45, 2.75) is 11.8 Å². The minimum atomic E-state index is -3.86. The maximum absolute atomic E-state index is 12.1. The highest BCUT2D eigenvalue weighted by molar-refractivity contribution is 7.89. The fourth-order valence-electron chi connectivity index (χ4n) is 5.42. The monoisotopic (exact) mass is 766 g/mol. The Bertz CT molecular complexity index is 2500. The van der Waals surface area contributed by atoms with Crippen LogP contribution in [-0.2, 0) is 19.6 Å². The first kappa shape index (κ1) is 39.9. The number of anilines is 2. The van der Waals surface area contributed by atoms with Crippen LogP contribution in [0.3, 0.4) is 0 Å². The summed E-state index contributed by atoms with van der Waals surface area (Å²) in [5, 5.41) is 27.1. The third kappa shape index (κ3) is 11.4. The molecule has 282 valence electrons. The van der Waals surface area contributed by atoms with E-state index in [1.807, 2.05) is 42.5 Å². The summed E-state index contributed by atoms with van der Waals surface area (Å²) in [6, 6.07) is 44.3. The van der Waals surface area contributed by atoms with Gasteiger partial charge in [-0.1, -0.05) is 84.9 Å². The molecule has 6 rings (SSSR count). The Balaban J connectivity index is 0.000000216. The average Bonchev–Trinajstić information content (AvgIpc) is 3.20. The van der Waals surface area contributed by atoms with E-state index in [0.29, 0.717) is 45.1 Å². The minimum absolute atomic E-state index is 0.0305. The Morgan fingerprint density at radius 3 is 1.71 bits per heavy atom. The second kappa shape index (κ2) is 18.7. The third-order valence-electron chi connectivity index (χ3n) is 8.15. The molecule has 0 aliphatic rings. The van der Waals surface area contributed by atoms with Gasteiger partial charge < -0.3 is 25.8 Å². The van der Waals surface area contributed by atoms with Gasteiger partial charge in [-0.25, -0.2) is 13.6 Å². The highest BCUT2D eigenvalue weighted by atomic mass is 32.2. The van der Waals surface area contributed by atoms with Crippen LogP contribution in [0, 0.1) is 23.7 Å². The lowest BCUT2D eigenvalue weighted by Crippen LogP contribution is -2.20. The number of hydrogen-bond donors (Lipinski definition) is 5. The van der Waals surface area contributed by atoms with Crippen LogP contribution in [0.5, 0.6) is 11.5 Å². The summed E-state index contributed by atoms with van der Waals surface area (Å²) < 4.78 is 34.4. The molecule has 0 fully saturated rings. The first-order chi connectivity index (χ1) is 26.9. The summed E-state index contributed by atoms with van der Waals surface area (Å²) >= 11 is 0. The minimum Gasteiger partial charge on any atom is -0.484 e. The van der Waals surface area contributed by atoms with Crippen LogP contribution in [-0.4, -0.2) is 39.3 Å². The van der Waals surface area contributed by atoms with Crippen LogP contribution in [0.25, 0.3) is 22.3 Å². The Morgan fingerprint density at radius 2 is 1.18 bits per heavy atom. The number of aryl methyl sites for hydroxylation is 1. The number of amides is 2. The van der Waals surface area contributed by atoms with Gasteiger partial charge in [0.15, 0.2) is 13.2 Å². The van der Waals surface area contributed by atoms with Gasteiger partial charge in [0.1, 0.15) is 17.3 Å². The molecular weight excluding hydrogens is 729 g/mol. The molecule has 2 amide bonds. The Labute approximate surface area is 324 Å². The largest absolute Gasteiger partial charge is 0.484 e. The summed E-state index contributed by atoms with van der Waals surface area (Å²) in [6.45, 7) is 1.73. The number of rotatable bonds is 12. The molecule has 56 heavy (non-hydrogen) atoms. The SMILES string of the molecule is Cc1ccccc1-c1ccc(NC(=O)COc2cccc(C#N)c2)cc1.N=C(N)c1cccc(OCC(=O)Nc2ccc(-c3ccccc3S(N)(=O)=O)cc2)c1. The number of carbonyl (C=O) groups excluding carboxylic acids is 2.